The van der Waals surface area contributed by atoms with Gasteiger partial charge in [0.1, 0.15) is 0 Å². The molecule has 0 atom stereocenters. The lowest BCUT2D eigenvalue weighted by Crippen LogP contribution is -2.55. The van der Waals surface area contributed by atoms with E-state index < -0.39 is 0 Å². The van der Waals surface area contributed by atoms with Crippen molar-refractivity contribution in [1.82, 2.24) is 9.97 Å². The molecule has 234 valence electrons. The third kappa shape index (κ3) is 5.91. The van der Waals surface area contributed by atoms with Gasteiger partial charge in [0.15, 0.2) is 0 Å². The third-order valence-electron chi connectivity index (χ3n) is 9.48. The van der Waals surface area contributed by atoms with Crippen molar-refractivity contribution in [2.75, 3.05) is 4.90 Å². The van der Waals surface area contributed by atoms with E-state index in [1.54, 1.807) is 0 Å². The molecule has 0 aliphatic rings. The number of nitrogens with zero attached hydrogens (tertiary/aromatic N) is 3. The maximum atomic E-state index is 4.78. The summed E-state index contributed by atoms with van der Waals surface area (Å²) in [5, 5.41) is 2.36. The highest BCUT2D eigenvalue weighted by atomic mass is 15.3. The topological polar surface area (TPSA) is 29.0 Å². The zero-order chi connectivity index (χ0) is 33.4. The molecule has 6 aromatic carbocycles. The Hall–Kier alpha value is -5.48. The van der Waals surface area contributed by atoms with Crippen molar-refractivity contribution >= 4 is 51.2 Å². The van der Waals surface area contributed by atoms with E-state index in [4.69, 9.17) is 9.97 Å². The number of fused-ring (bicyclic) bond motifs is 1. The lowest BCUT2D eigenvalue weighted by atomic mass is 9.34. The molecule has 0 radical (unpaired) electrons. The maximum Gasteiger partial charge on any atom is 0.242 e. The van der Waals surface area contributed by atoms with Crippen LogP contribution in [0.15, 0.2) is 134 Å². The largest absolute Gasteiger partial charge is 0.279 e. The zero-order valence-electron chi connectivity index (χ0n) is 28.6. The lowest BCUT2D eigenvalue weighted by molar-refractivity contribution is 1.08. The molecule has 0 spiro atoms. The van der Waals surface area contributed by atoms with Crippen LogP contribution in [-0.4, -0.2) is 16.7 Å². The van der Waals surface area contributed by atoms with Gasteiger partial charge in [-0.15, -0.1) is 0 Å². The molecule has 0 amide bonds. The molecule has 0 fully saturated rings. The molecule has 0 bridgehead atoms. The highest BCUT2D eigenvalue weighted by Gasteiger charge is 2.29. The van der Waals surface area contributed by atoms with E-state index in [0.29, 0.717) is 5.95 Å². The highest BCUT2D eigenvalue weighted by molar-refractivity contribution is 6.96. The van der Waals surface area contributed by atoms with E-state index >= 15 is 0 Å². The molecular formula is C44H40BN3. The van der Waals surface area contributed by atoms with Crippen molar-refractivity contribution in [3.8, 4) is 11.1 Å². The van der Waals surface area contributed by atoms with Crippen LogP contribution in [0.25, 0.3) is 21.9 Å². The summed E-state index contributed by atoms with van der Waals surface area (Å²) >= 11 is 0. The molecule has 3 nitrogen and oxygen atoms in total. The fourth-order valence-electron chi connectivity index (χ4n) is 7.62. The maximum absolute atomic E-state index is 4.78. The van der Waals surface area contributed by atoms with Gasteiger partial charge in [-0.05, 0) is 88.2 Å². The van der Waals surface area contributed by atoms with E-state index in [1.807, 2.05) is 18.5 Å². The Morgan fingerprint density at radius 3 is 1.54 bits per heavy atom. The van der Waals surface area contributed by atoms with E-state index in [-0.39, 0.29) is 6.71 Å². The van der Waals surface area contributed by atoms with Crippen molar-refractivity contribution in [1.29, 1.82) is 0 Å². The van der Waals surface area contributed by atoms with Gasteiger partial charge in [-0.1, -0.05) is 141 Å². The van der Waals surface area contributed by atoms with Gasteiger partial charge in [0, 0.05) is 23.6 Å². The molecule has 1 heterocycles. The SMILES string of the molecule is Cc1cc(C)c(B(c2ccc(N(c3ncccn3)c3cc4ccccc4cc3-c3ccccc3)cc2)c2c(C)cc(C)cc2C)c(C)c1. The first-order valence-electron chi connectivity index (χ1n) is 16.7. The minimum absolute atomic E-state index is 0.0993. The highest BCUT2D eigenvalue weighted by Crippen LogP contribution is 2.41. The molecule has 7 aromatic rings. The van der Waals surface area contributed by atoms with E-state index in [9.17, 15) is 0 Å². The Morgan fingerprint density at radius 2 is 1.00 bits per heavy atom. The smallest absolute Gasteiger partial charge is 0.242 e. The quantitative estimate of drug-likeness (QED) is 0.166. The van der Waals surface area contributed by atoms with Crippen molar-refractivity contribution in [3.05, 3.63) is 167 Å². The average molecular weight is 622 g/mol. The molecular weight excluding hydrogens is 581 g/mol. The van der Waals surface area contributed by atoms with Crippen molar-refractivity contribution in [2.45, 2.75) is 41.5 Å². The molecule has 0 saturated heterocycles. The lowest BCUT2D eigenvalue weighted by Gasteiger charge is -2.28. The van der Waals surface area contributed by atoms with E-state index in [1.165, 1.54) is 60.5 Å². The molecule has 4 heteroatoms. The van der Waals surface area contributed by atoms with Gasteiger partial charge in [0.25, 0.3) is 0 Å². The molecule has 0 aliphatic heterocycles. The Kier molecular flexibility index (Phi) is 8.41. The van der Waals surface area contributed by atoms with Crippen LogP contribution in [0, 0.1) is 41.5 Å². The molecule has 0 unspecified atom stereocenters. The normalized spacial score (nSPS) is 11.1. The van der Waals surface area contributed by atoms with E-state index in [0.717, 1.165) is 22.5 Å². The molecule has 0 saturated carbocycles. The second-order valence-corrected chi connectivity index (χ2v) is 13.1. The standard InChI is InChI=1S/C44H40BN3/c1-29-23-31(3)42(32(4)24-29)45(43-33(5)25-30(2)26-34(43)6)38-17-19-39(20-18-38)48(44-46-21-12-22-47-44)41-28-37-16-11-10-15-36(37)27-40(41)35-13-8-7-9-14-35/h7-28H,1-6H3. The van der Waals surface area contributed by atoms with Gasteiger partial charge < -0.3 is 0 Å². The van der Waals surface area contributed by atoms with Gasteiger partial charge in [0.2, 0.25) is 12.7 Å². The first-order valence-corrected chi connectivity index (χ1v) is 16.7. The number of rotatable bonds is 7. The van der Waals surface area contributed by atoms with Gasteiger partial charge in [0.05, 0.1) is 5.69 Å². The van der Waals surface area contributed by atoms with Crippen LogP contribution in [0.4, 0.5) is 17.3 Å². The number of hydrogen-bond donors (Lipinski definition) is 0. The Balaban J connectivity index is 1.44. The Labute approximate surface area is 285 Å². The van der Waals surface area contributed by atoms with Crippen LogP contribution in [0.3, 0.4) is 0 Å². The second kappa shape index (κ2) is 13.0. The predicted octanol–water partition coefficient (Wildman–Crippen LogP) is 9.13. The number of aryl methyl sites for hydroxylation is 6. The first kappa shape index (κ1) is 31.1. The van der Waals surface area contributed by atoms with Gasteiger partial charge in [-0.25, -0.2) is 9.97 Å². The molecule has 0 N–H and O–H groups in total. The summed E-state index contributed by atoms with van der Waals surface area (Å²) in [4.78, 5) is 11.7. The van der Waals surface area contributed by atoms with Crippen LogP contribution in [-0.2, 0) is 0 Å². The summed E-state index contributed by atoms with van der Waals surface area (Å²) in [6.07, 6.45) is 3.63. The van der Waals surface area contributed by atoms with Crippen LogP contribution in [0.5, 0.6) is 0 Å². The molecule has 7 rings (SSSR count). The van der Waals surface area contributed by atoms with Gasteiger partial charge in [-0.2, -0.15) is 0 Å². The Bertz CT molecular complexity index is 2140. The fraction of sp³-hybridized carbons (Fsp3) is 0.136. The average Bonchev–Trinajstić information content (AvgIpc) is 3.08. The van der Waals surface area contributed by atoms with Gasteiger partial charge >= 0.3 is 0 Å². The fourth-order valence-corrected chi connectivity index (χ4v) is 7.62. The molecule has 48 heavy (non-hydrogen) atoms. The van der Waals surface area contributed by atoms with Gasteiger partial charge in [-0.3, -0.25) is 4.90 Å². The minimum atomic E-state index is 0.0993. The zero-order valence-corrected chi connectivity index (χ0v) is 28.6. The number of aromatic nitrogens is 2. The van der Waals surface area contributed by atoms with Crippen molar-refractivity contribution < 1.29 is 0 Å². The monoisotopic (exact) mass is 621 g/mol. The Morgan fingerprint density at radius 1 is 0.500 bits per heavy atom. The summed E-state index contributed by atoms with van der Waals surface area (Å²) in [5.41, 5.74) is 16.2. The third-order valence-corrected chi connectivity index (χ3v) is 9.48. The number of benzene rings is 6. The van der Waals surface area contributed by atoms with Crippen LogP contribution >= 0.6 is 0 Å². The van der Waals surface area contributed by atoms with Crippen LogP contribution < -0.4 is 21.3 Å². The van der Waals surface area contributed by atoms with Crippen LogP contribution in [0.2, 0.25) is 0 Å². The van der Waals surface area contributed by atoms with Crippen LogP contribution in [0.1, 0.15) is 33.4 Å². The second-order valence-electron chi connectivity index (χ2n) is 13.1. The summed E-state index contributed by atoms with van der Waals surface area (Å²) in [6, 6.07) is 43.9. The number of hydrogen-bond acceptors (Lipinski definition) is 3. The van der Waals surface area contributed by atoms with E-state index in [2.05, 4.69) is 162 Å². The number of anilines is 3. The minimum Gasteiger partial charge on any atom is -0.279 e. The predicted molar refractivity (Wildman–Crippen MR) is 206 cm³/mol. The summed E-state index contributed by atoms with van der Waals surface area (Å²) in [6.45, 7) is 13.5. The summed E-state index contributed by atoms with van der Waals surface area (Å²) in [7, 11) is 0. The summed E-state index contributed by atoms with van der Waals surface area (Å²) < 4.78 is 0. The molecule has 0 aliphatic carbocycles. The van der Waals surface area contributed by atoms with Crippen molar-refractivity contribution in [3.63, 3.8) is 0 Å². The summed E-state index contributed by atoms with van der Waals surface area (Å²) in [5.74, 6) is 0.629. The van der Waals surface area contributed by atoms with Crippen molar-refractivity contribution in [2.24, 2.45) is 0 Å². The first-order chi connectivity index (χ1) is 23.3. The molecule has 1 aromatic heterocycles.